The topological polar surface area (TPSA) is 75.9 Å². The SMILES string of the molecule is CC(=O)c1ccc(N2CCN(C[C@H]3CCCO3)CC2)c([N+](=O)[O-])c1. The van der Waals surface area contributed by atoms with Crippen LogP contribution in [0.2, 0.25) is 0 Å². The van der Waals surface area contributed by atoms with Crippen molar-refractivity contribution in [1.29, 1.82) is 0 Å². The second-order valence-corrected chi connectivity index (χ2v) is 6.44. The predicted molar refractivity (Wildman–Crippen MR) is 90.7 cm³/mol. The van der Waals surface area contributed by atoms with Crippen molar-refractivity contribution in [2.24, 2.45) is 0 Å². The lowest BCUT2D eigenvalue weighted by atomic mass is 10.1. The van der Waals surface area contributed by atoms with Gasteiger partial charge in [0, 0.05) is 51.0 Å². The number of nitro groups is 1. The van der Waals surface area contributed by atoms with E-state index in [1.807, 2.05) is 4.90 Å². The highest BCUT2D eigenvalue weighted by molar-refractivity contribution is 5.95. The molecule has 7 nitrogen and oxygen atoms in total. The van der Waals surface area contributed by atoms with Gasteiger partial charge in [-0.1, -0.05) is 0 Å². The lowest BCUT2D eigenvalue weighted by molar-refractivity contribution is -0.384. The lowest BCUT2D eigenvalue weighted by Gasteiger charge is -2.36. The van der Waals surface area contributed by atoms with Gasteiger partial charge in [0.1, 0.15) is 5.69 Å². The van der Waals surface area contributed by atoms with Gasteiger partial charge in [-0.25, -0.2) is 0 Å². The van der Waals surface area contributed by atoms with Crippen molar-refractivity contribution >= 4 is 17.2 Å². The molecule has 0 N–H and O–H groups in total. The Morgan fingerprint density at radius 2 is 2.08 bits per heavy atom. The molecular weight excluding hydrogens is 310 g/mol. The Labute approximate surface area is 141 Å². The van der Waals surface area contributed by atoms with E-state index in [1.54, 1.807) is 12.1 Å². The highest BCUT2D eigenvalue weighted by Crippen LogP contribution is 2.30. The molecule has 0 amide bonds. The largest absolute Gasteiger partial charge is 0.377 e. The minimum atomic E-state index is -0.402. The fourth-order valence-corrected chi connectivity index (χ4v) is 3.40. The summed E-state index contributed by atoms with van der Waals surface area (Å²) >= 11 is 0. The average molecular weight is 333 g/mol. The Morgan fingerprint density at radius 1 is 1.33 bits per heavy atom. The Balaban J connectivity index is 1.67. The van der Waals surface area contributed by atoms with Gasteiger partial charge in [0.2, 0.25) is 0 Å². The van der Waals surface area contributed by atoms with Crippen molar-refractivity contribution < 1.29 is 14.5 Å². The van der Waals surface area contributed by atoms with Crippen LogP contribution in [-0.2, 0) is 4.74 Å². The summed E-state index contributed by atoms with van der Waals surface area (Å²) in [6.45, 7) is 6.44. The molecule has 0 saturated carbocycles. The first-order valence-electron chi connectivity index (χ1n) is 8.43. The smallest absolute Gasteiger partial charge is 0.293 e. The van der Waals surface area contributed by atoms with Gasteiger partial charge in [0.05, 0.1) is 11.0 Å². The van der Waals surface area contributed by atoms with Crippen molar-refractivity contribution in [2.75, 3.05) is 44.2 Å². The molecule has 1 aromatic carbocycles. The molecule has 0 spiro atoms. The van der Waals surface area contributed by atoms with Gasteiger partial charge < -0.3 is 9.64 Å². The van der Waals surface area contributed by atoms with Crippen LogP contribution < -0.4 is 4.90 Å². The summed E-state index contributed by atoms with van der Waals surface area (Å²) in [7, 11) is 0. The summed E-state index contributed by atoms with van der Waals surface area (Å²) in [4.78, 5) is 26.8. The summed E-state index contributed by atoms with van der Waals surface area (Å²) in [5.41, 5.74) is 0.986. The van der Waals surface area contributed by atoms with E-state index in [0.717, 1.165) is 52.2 Å². The first-order valence-corrected chi connectivity index (χ1v) is 8.43. The first kappa shape index (κ1) is 16.9. The van der Waals surface area contributed by atoms with Gasteiger partial charge >= 0.3 is 0 Å². The first-order chi connectivity index (χ1) is 11.5. The Hall–Kier alpha value is -1.99. The van der Waals surface area contributed by atoms with Gasteiger partial charge in [0.25, 0.3) is 5.69 Å². The number of carbonyl (C=O) groups is 1. The van der Waals surface area contributed by atoms with Gasteiger partial charge in [-0.3, -0.25) is 19.8 Å². The maximum atomic E-state index is 11.5. The molecule has 2 aliphatic heterocycles. The van der Waals surface area contributed by atoms with E-state index >= 15 is 0 Å². The molecule has 1 atom stereocenters. The number of carbonyl (C=O) groups excluding carboxylic acids is 1. The third-order valence-corrected chi connectivity index (χ3v) is 4.78. The number of nitrogens with zero attached hydrogens (tertiary/aromatic N) is 3. The van der Waals surface area contributed by atoms with E-state index in [-0.39, 0.29) is 11.5 Å². The van der Waals surface area contributed by atoms with E-state index in [1.165, 1.54) is 13.0 Å². The minimum absolute atomic E-state index is 0.00952. The summed E-state index contributed by atoms with van der Waals surface area (Å²) in [5.74, 6) is -0.161. The number of Topliss-reactive ketones (excluding diaryl/α,β-unsaturated/α-hetero) is 1. The van der Waals surface area contributed by atoms with Crippen LogP contribution in [0.3, 0.4) is 0 Å². The molecule has 0 bridgehead atoms. The lowest BCUT2D eigenvalue weighted by Crippen LogP contribution is -2.48. The molecule has 0 aliphatic carbocycles. The third-order valence-electron chi connectivity index (χ3n) is 4.78. The van der Waals surface area contributed by atoms with Gasteiger partial charge in [-0.05, 0) is 31.9 Å². The molecule has 2 saturated heterocycles. The van der Waals surface area contributed by atoms with E-state index in [2.05, 4.69) is 4.90 Å². The number of ether oxygens (including phenoxy) is 1. The molecule has 24 heavy (non-hydrogen) atoms. The van der Waals surface area contributed by atoms with Crippen molar-refractivity contribution in [3.05, 3.63) is 33.9 Å². The molecular formula is C17H23N3O4. The molecule has 2 fully saturated rings. The maximum Gasteiger partial charge on any atom is 0.293 e. The number of nitro benzene ring substituents is 1. The molecule has 3 rings (SSSR count). The molecule has 0 aromatic heterocycles. The standard InChI is InChI=1S/C17H23N3O4/c1-13(21)14-4-5-16(17(11-14)20(22)23)19-8-6-18(7-9-19)12-15-3-2-10-24-15/h4-5,11,15H,2-3,6-10,12H2,1H3/t15-/m1/s1. The van der Waals surface area contributed by atoms with Gasteiger partial charge in [0.15, 0.2) is 5.78 Å². The van der Waals surface area contributed by atoms with E-state index in [0.29, 0.717) is 17.4 Å². The number of anilines is 1. The van der Waals surface area contributed by atoms with Crippen molar-refractivity contribution in [3.63, 3.8) is 0 Å². The fraction of sp³-hybridized carbons (Fsp3) is 0.588. The van der Waals surface area contributed by atoms with E-state index < -0.39 is 4.92 Å². The normalized spacial score (nSPS) is 21.9. The van der Waals surface area contributed by atoms with Crippen molar-refractivity contribution in [2.45, 2.75) is 25.9 Å². The Morgan fingerprint density at radius 3 is 2.67 bits per heavy atom. The van der Waals surface area contributed by atoms with Gasteiger partial charge in [-0.2, -0.15) is 0 Å². The number of piperazine rings is 1. The molecule has 0 radical (unpaired) electrons. The second-order valence-electron chi connectivity index (χ2n) is 6.44. The Bertz CT molecular complexity index is 620. The number of hydrogen-bond donors (Lipinski definition) is 0. The van der Waals surface area contributed by atoms with Crippen LogP contribution in [0.4, 0.5) is 11.4 Å². The fourth-order valence-electron chi connectivity index (χ4n) is 3.40. The zero-order valence-corrected chi connectivity index (χ0v) is 13.9. The molecule has 1 aromatic rings. The summed E-state index contributed by atoms with van der Waals surface area (Å²) in [6.07, 6.45) is 2.60. The van der Waals surface area contributed by atoms with Crippen LogP contribution in [0.5, 0.6) is 0 Å². The van der Waals surface area contributed by atoms with Gasteiger partial charge in [-0.15, -0.1) is 0 Å². The molecule has 130 valence electrons. The number of rotatable bonds is 5. The molecule has 0 unspecified atom stereocenters. The van der Waals surface area contributed by atoms with Crippen molar-refractivity contribution in [1.82, 2.24) is 4.90 Å². The number of benzene rings is 1. The van der Waals surface area contributed by atoms with Crippen molar-refractivity contribution in [3.8, 4) is 0 Å². The van der Waals surface area contributed by atoms with E-state index in [4.69, 9.17) is 4.74 Å². The minimum Gasteiger partial charge on any atom is -0.377 e. The van der Waals surface area contributed by atoms with E-state index in [9.17, 15) is 14.9 Å². The predicted octanol–water partition coefficient (Wildman–Crippen LogP) is 2.10. The monoisotopic (exact) mass is 333 g/mol. The number of hydrogen-bond acceptors (Lipinski definition) is 6. The molecule has 2 heterocycles. The second kappa shape index (κ2) is 7.27. The average Bonchev–Trinajstić information content (AvgIpc) is 3.08. The van der Waals surface area contributed by atoms with Crippen LogP contribution in [-0.4, -0.2) is 61.0 Å². The number of ketones is 1. The molecule has 7 heteroatoms. The quantitative estimate of drug-likeness (QED) is 0.467. The maximum absolute atomic E-state index is 11.5. The summed E-state index contributed by atoms with van der Waals surface area (Å²) in [5, 5.41) is 11.4. The molecule has 2 aliphatic rings. The van der Waals surface area contributed by atoms with Crippen LogP contribution in [0.25, 0.3) is 0 Å². The van der Waals surface area contributed by atoms with Crippen LogP contribution >= 0.6 is 0 Å². The summed E-state index contributed by atoms with van der Waals surface area (Å²) < 4.78 is 5.68. The summed E-state index contributed by atoms with van der Waals surface area (Å²) in [6, 6.07) is 4.75. The van der Waals surface area contributed by atoms with Crippen LogP contribution in [0.1, 0.15) is 30.1 Å². The third kappa shape index (κ3) is 3.73. The highest BCUT2D eigenvalue weighted by atomic mass is 16.6. The highest BCUT2D eigenvalue weighted by Gasteiger charge is 2.26. The zero-order chi connectivity index (χ0) is 17.1. The Kier molecular flexibility index (Phi) is 5.11. The van der Waals surface area contributed by atoms with Crippen LogP contribution in [0.15, 0.2) is 18.2 Å². The zero-order valence-electron chi connectivity index (χ0n) is 13.9. The van der Waals surface area contributed by atoms with Crippen LogP contribution in [0, 0.1) is 10.1 Å².